The largest absolute Gasteiger partial charge is 0.484 e. The Labute approximate surface area is 283 Å². The highest BCUT2D eigenvalue weighted by Crippen LogP contribution is 2.68. The molecule has 1 saturated heterocycles. The number of H-pyrrole nitrogens is 1. The molecule has 2 aliphatic carbocycles. The first-order valence-corrected chi connectivity index (χ1v) is 17.6. The van der Waals surface area contributed by atoms with Gasteiger partial charge < -0.3 is 19.8 Å². The quantitative estimate of drug-likeness (QED) is 0.189. The van der Waals surface area contributed by atoms with Crippen molar-refractivity contribution in [2.45, 2.75) is 29.5 Å². The van der Waals surface area contributed by atoms with Crippen molar-refractivity contribution < 1.29 is 28.7 Å². The summed E-state index contributed by atoms with van der Waals surface area (Å²) in [7, 11) is 0. The van der Waals surface area contributed by atoms with Crippen LogP contribution >= 0.6 is 23.1 Å². The number of hydrogen-bond donors (Lipinski definition) is 2. The van der Waals surface area contributed by atoms with Gasteiger partial charge in [0.15, 0.2) is 6.61 Å². The summed E-state index contributed by atoms with van der Waals surface area (Å²) >= 11 is 2.84. The molecule has 10 nitrogen and oxygen atoms in total. The van der Waals surface area contributed by atoms with E-state index in [0.717, 1.165) is 21.9 Å². The van der Waals surface area contributed by atoms with Crippen molar-refractivity contribution >= 4 is 58.2 Å². The van der Waals surface area contributed by atoms with Gasteiger partial charge in [-0.2, -0.15) is 0 Å². The average molecular weight is 682 g/mol. The molecule has 3 heterocycles. The van der Waals surface area contributed by atoms with E-state index in [9.17, 15) is 24.0 Å². The Morgan fingerprint density at radius 1 is 0.917 bits per heavy atom. The monoisotopic (exact) mass is 681 g/mol. The number of nitrogens with one attached hydrogen (secondary N) is 2. The van der Waals surface area contributed by atoms with Crippen LogP contribution in [0.2, 0.25) is 0 Å². The van der Waals surface area contributed by atoms with Gasteiger partial charge in [-0.3, -0.25) is 24.1 Å². The number of thioether (sulfide) groups is 1. The number of carbonyl (C=O) groups is 4. The van der Waals surface area contributed by atoms with E-state index in [4.69, 9.17) is 9.47 Å². The number of para-hydroxylation sites is 1. The summed E-state index contributed by atoms with van der Waals surface area (Å²) in [5, 5.41) is 3.70. The van der Waals surface area contributed by atoms with Gasteiger partial charge in [-0.05, 0) is 85.2 Å². The lowest BCUT2D eigenvalue weighted by Gasteiger charge is -2.43. The summed E-state index contributed by atoms with van der Waals surface area (Å²) in [4.78, 5) is 70.4. The van der Waals surface area contributed by atoms with Gasteiger partial charge in [0.2, 0.25) is 11.8 Å². The molecule has 2 N–H and O–H groups in total. The highest BCUT2D eigenvalue weighted by molar-refractivity contribution is 8.00. The number of ether oxygens (including phenoxy) is 2. The molecule has 1 aromatic heterocycles. The number of thiazole rings is 1. The topological polar surface area (TPSA) is 135 Å². The van der Waals surface area contributed by atoms with Crippen molar-refractivity contribution in [2.75, 3.05) is 23.4 Å². The van der Waals surface area contributed by atoms with Crippen LogP contribution in [0.25, 0.3) is 0 Å². The minimum atomic E-state index is -0.455. The standard InChI is InChI=1S/C36H31N3O7S2/c1-2-45-35(43)19-8-12-21(13-9-19)39-33(41)28-23-16-24(29(28)34(39)42)30-27(23)26(31-32(47-30)38-36(44)48-31)18-10-14-22(15-11-18)46-17-25(40)37-20-6-4-3-5-7-20/h3-15,23-24,26-30H,2,16-17H2,1H3,(H,37,40)(H,38,44)/t23-,24-,26-,27?,28?,29?,30?/m1/s1. The van der Waals surface area contributed by atoms with Crippen LogP contribution in [0, 0.1) is 29.6 Å². The van der Waals surface area contributed by atoms with Gasteiger partial charge >= 0.3 is 10.8 Å². The second-order valence-corrected chi connectivity index (χ2v) is 14.7. The van der Waals surface area contributed by atoms with E-state index in [1.54, 1.807) is 55.1 Å². The molecule has 244 valence electrons. The van der Waals surface area contributed by atoms with Gasteiger partial charge in [-0.15, -0.1) is 11.8 Å². The lowest BCUT2D eigenvalue weighted by Crippen LogP contribution is -2.42. The van der Waals surface area contributed by atoms with Gasteiger partial charge in [-0.25, -0.2) is 4.79 Å². The lowest BCUT2D eigenvalue weighted by molar-refractivity contribution is -0.123. The highest BCUT2D eigenvalue weighted by atomic mass is 32.2. The third-order valence-corrected chi connectivity index (χ3v) is 12.6. The normalized spacial score (nSPS) is 26.5. The molecule has 4 aliphatic rings. The van der Waals surface area contributed by atoms with E-state index >= 15 is 0 Å². The number of aromatic nitrogens is 1. The Balaban J connectivity index is 1.04. The molecule has 2 saturated carbocycles. The molecule has 48 heavy (non-hydrogen) atoms. The summed E-state index contributed by atoms with van der Waals surface area (Å²) in [6.07, 6.45) is 0.776. The Morgan fingerprint density at radius 2 is 1.62 bits per heavy atom. The molecule has 8 rings (SSSR count). The van der Waals surface area contributed by atoms with E-state index in [-0.39, 0.29) is 64.7 Å². The SMILES string of the molecule is CCOC(=O)c1ccc(N2C(=O)C3C(C2=O)[C@@H]2C[C@H]3C3Sc4[nH]c(=O)sc4[C@H](c4ccc(OCC(=O)Nc5ccccc5)cc4)C32)cc1. The Morgan fingerprint density at radius 3 is 2.33 bits per heavy atom. The van der Waals surface area contributed by atoms with Crippen molar-refractivity contribution in [3.8, 4) is 5.75 Å². The number of esters is 1. The molecule has 0 spiro atoms. The summed E-state index contributed by atoms with van der Waals surface area (Å²) in [5.74, 6) is -1.58. The maximum absolute atomic E-state index is 14.1. The molecule has 3 aromatic carbocycles. The number of rotatable bonds is 8. The molecule has 4 unspecified atom stereocenters. The zero-order valence-corrected chi connectivity index (χ0v) is 27.4. The second kappa shape index (κ2) is 12.1. The molecule has 3 amide bonds. The number of nitrogens with zero attached hydrogens (tertiary/aromatic N) is 1. The van der Waals surface area contributed by atoms with Crippen molar-refractivity contribution in [2.24, 2.45) is 29.6 Å². The van der Waals surface area contributed by atoms with Crippen LogP contribution < -0.4 is 19.8 Å². The number of fused-ring (bicyclic) bond motifs is 9. The van der Waals surface area contributed by atoms with E-state index in [0.29, 0.717) is 22.7 Å². The highest BCUT2D eigenvalue weighted by Gasteiger charge is 2.69. The summed E-state index contributed by atoms with van der Waals surface area (Å²) in [5.41, 5.74) is 2.50. The van der Waals surface area contributed by atoms with E-state index < -0.39 is 17.8 Å². The zero-order chi connectivity index (χ0) is 33.1. The second-order valence-electron chi connectivity index (χ2n) is 12.5. The zero-order valence-electron chi connectivity index (χ0n) is 25.8. The number of carbonyl (C=O) groups excluding carboxylic acids is 4. The fourth-order valence-electron chi connectivity index (χ4n) is 8.24. The van der Waals surface area contributed by atoms with Gasteiger partial charge in [0.25, 0.3) is 5.91 Å². The molecular formula is C36H31N3O7S2. The van der Waals surface area contributed by atoms with Gasteiger partial charge in [-0.1, -0.05) is 41.7 Å². The smallest absolute Gasteiger partial charge is 0.338 e. The van der Waals surface area contributed by atoms with Crippen LogP contribution in [0.4, 0.5) is 11.4 Å². The summed E-state index contributed by atoms with van der Waals surface area (Å²) in [6, 6.07) is 23.2. The first-order valence-electron chi connectivity index (χ1n) is 15.9. The van der Waals surface area contributed by atoms with Gasteiger partial charge in [0.1, 0.15) is 5.75 Å². The fraction of sp³-hybridized carbons (Fsp3) is 0.306. The summed E-state index contributed by atoms with van der Waals surface area (Å²) in [6.45, 7) is 1.84. The molecule has 7 atom stereocenters. The Bertz CT molecular complexity index is 1970. The predicted octanol–water partition coefficient (Wildman–Crippen LogP) is 5.31. The van der Waals surface area contributed by atoms with Crippen molar-refractivity contribution in [3.63, 3.8) is 0 Å². The maximum atomic E-state index is 14.1. The summed E-state index contributed by atoms with van der Waals surface area (Å²) < 4.78 is 10.9. The number of anilines is 2. The minimum absolute atomic E-state index is 0.0139. The lowest BCUT2D eigenvalue weighted by atomic mass is 9.68. The fourth-order valence-corrected chi connectivity index (χ4v) is 11.1. The number of amides is 3. The Hall–Kier alpha value is -4.68. The molecule has 2 bridgehead atoms. The molecule has 3 fully saturated rings. The third kappa shape index (κ3) is 5.05. The molecule has 0 radical (unpaired) electrons. The number of imide groups is 1. The van der Waals surface area contributed by atoms with Crippen LogP contribution in [0.15, 0.2) is 88.7 Å². The van der Waals surface area contributed by atoms with E-state index in [2.05, 4.69) is 10.3 Å². The number of benzene rings is 3. The van der Waals surface area contributed by atoms with Crippen LogP contribution in [0.3, 0.4) is 0 Å². The van der Waals surface area contributed by atoms with Crippen molar-refractivity contribution in [1.82, 2.24) is 4.98 Å². The first-order chi connectivity index (χ1) is 23.3. The van der Waals surface area contributed by atoms with E-state index in [1.165, 1.54) is 16.2 Å². The number of aromatic amines is 1. The van der Waals surface area contributed by atoms with Crippen LogP contribution in [-0.2, 0) is 19.1 Å². The molecule has 2 aliphatic heterocycles. The van der Waals surface area contributed by atoms with Crippen LogP contribution in [0.5, 0.6) is 5.75 Å². The van der Waals surface area contributed by atoms with Gasteiger partial charge in [0.05, 0.1) is 34.7 Å². The molecule has 12 heteroatoms. The van der Waals surface area contributed by atoms with Crippen LogP contribution in [0.1, 0.15) is 40.1 Å². The van der Waals surface area contributed by atoms with Crippen LogP contribution in [-0.4, -0.2) is 47.1 Å². The Kier molecular flexibility index (Phi) is 7.72. The predicted molar refractivity (Wildman–Crippen MR) is 180 cm³/mol. The van der Waals surface area contributed by atoms with Gasteiger partial charge in [0, 0.05) is 21.7 Å². The van der Waals surface area contributed by atoms with E-state index in [1.807, 2.05) is 42.5 Å². The molecular weight excluding hydrogens is 651 g/mol. The average Bonchev–Trinajstić information content (AvgIpc) is 3.83. The van der Waals surface area contributed by atoms with Crippen molar-refractivity contribution in [3.05, 3.63) is 105 Å². The molecule has 4 aromatic rings. The number of hydrogen-bond acceptors (Lipinski definition) is 9. The maximum Gasteiger partial charge on any atom is 0.338 e. The van der Waals surface area contributed by atoms with Crippen molar-refractivity contribution in [1.29, 1.82) is 0 Å². The minimum Gasteiger partial charge on any atom is -0.484 e. The third-order valence-electron chi connectivity index (χ3n) is 10.0. The first kappa shape index (κ1) is 30.6.